The molecule has 0 bridgehead atoms. The molecule has 0 saturated heterocycles. The van der Waals surface area contributed by atoms with Crippen LogP contribution in [0.3, 0.4) is 0 Å². The fraction of sp³-hybridized carbons (Fsp3) is 0.316. The van der Waals surface area contributed by atoms with Crippen molar-refractivity contribution >= 4 is 5.91 Å². The number of carbonyl (C=O) groups is 1. The van der Waals surface area contributed by atoms with Crippen molar-refractivity contribution in [2.75, 3.05) is 14.2 Å². The lowest BCUT2D eigenvalue weighted by Crippen LogP contribution is -2.36. The van der Waals surface area contributed by atoms with Crippen molar-refractivity contribution in [2.45, 2.75) is 19.5 Å². The van der Waals surface area contributed by atoms with E-state index in [-0.39, 0.29) is 17.9 Å². The normalized spacial score (nSPS) is 13.2. The van der Waals surface area contributed by atoms with Crippen molar-refractivity contribution < 1.29 is 9.53 Å². The first-order valence-electron chi connectivity index (χ1n) is 7.71. The van der Waals surface area contributed by atoms with Gasteiger partial charge in [0.05, 0.1) is 13.0 Å². The van der Waals surface area contributed by atoms with Crippen molar-refractivity contribution in [3.63, 3.8) is 0 Å². The molecule has 0 aliphatic heterocycles. The van der Waals surface area contributed by atoms with Crippen molar-refractivity contribution in [2.24, 2.45) is 11.7 Å². The van der Waals surface area contributed by atoms with E-state index in [1.807, 2.05) is 61.5 Å². The Hall–Kier alpha value is -2.33. The maximum Gasteiger partial charge on any atom is 0.227 e. The van der Waals surface area contributed by atoms with Crippen LogP contribution in [0.15, 0.2) is 54.6 Å². The number of rotatable bonds is 6. The first kappa shape index (κ1) is 17.0. The molecule has 2 rings (SSSR count). The Morgan fingerprint density at radius 2 is 1.87 bits per heavy atom. The molecule has 0 heterocycles. The Labute approximate surface area is 137 Å². The summed E-state index contributed by atoms with van der Waals surface area (Å²) in [7, 11) is 3.44. The van der Waals surface area contributed by atoms with Gasteiger partial charge in [-0.05, 0) is 23.3 Å². The average molecular weight is 312 g/mol. The lowest BCUT2D eigenvalue weighted by Gasteiger charge is -2.25. The monoisotopic (exact) mass is 312 g/mol. The summed E-state index contributed by atoms with van der Waals surface area (Å²) in [5.74, 6) is 0.537. The van der Waals surface area contributed by atoms with Gasteiger partial charge in [-0.25, -0.2) is 0 Å². The van der Waals surface area contributed by atoms with Crippen LogP contribution >= 0.6 is 0 Å². The van der Waals surface area contributed by atoms with E-state index in [4.69, 9.17) is 10.5 Å². The van der Waals surface area contributed by atoms with Crippen molar-refractivity contribution in [3.8, 4) is 5.75 Å². The number of hydrogen-bond acceptors (Lipinski definition) is 3. The predicted octanol–water partition coefficient (Wildman–Crippen LogP) is 2.99. The van der Waals surface area contributed by atoms with Crippen LogP contribution in [-0.4, -0.2) is 25.0 Å². The molecular weight excluding hydrogens is 288 g/mol. The number of benzene rings is 2. The standard InChI is InChI=1S/C19H24N2O2/c1-14(18(20)16-9-5-4-6-10-16)19(22)21(2)13-15-8-7-11-17(12-15)23-3/h4-12,14,18H,13,20H2,1-3H3. The van der Waals surface area contributed by atoms with Crippen LogP contribution in [-0.2, 0) is 11.3 Å². The summed E-state index contributed by atoms with van der Waals surface area (Å²) in [6.07, 6.45) is 0. The minimum Gasteiger partial charge on any atom is -0.497 e. The van der Waals surface area contributed by atoms with E-state index in [9.17, 15) is 4.79 Å². The molecule has 0 fully saturated rings. The fourth-order valence-corrected chi connectivity index (χ4v) is 2.59. The molecule has 0 saturated carbocycles. The van der Waals surface area contributed by atoms with Crippen LogP contribution in [0.25, 0.3) is 0 Å². The summed E-state index contributed by atoms with van der Waals surface area (Å²) in [6.45, 7) is 2.41. The molecule has 2 aromatic carbocycles. The van der Waals surface area contributed by atoms with Crippen molar-refractivity contribution in [1.82, 2.24) is 4.90 Å². The second-order valence-electron chi connectivity index (χ2n) is 5.77. The quantitative estimate of drug-likeness (QED) is 0.892. The van der Waals surface area contributed by atoms with Gasteiger partial charge in [0.2, 0.25) is 5.91 Å². The lowest BCUT2D eigenvalue weighted by atomic mass is 9.94. The number of nitrogens with two attached hydrogens (primary N) is 1. The molecule has 23 heavy (non-hydrogen) atoms. The molecule has 0 radical (unpaired) electrons. The van der Waals surface area contributed by atoms with E-state index in [1.165, 1.54) is 0 Å². The smallest absolute Gasteiger partial charge is 0.227 e. The molecule has 122 valence electrons. The summed E-state index contributed by atoms with van der Waals surface area (Å²) in [5, 5.41) is 0. The van der Waals surface area contributed by atoms with Gasteiger partial charge in [-0.1, -0.05) is 49.4 Å². The van der Waals surface area contributed by atoms with Gasteiger partial charge < -0.3 is 15.4 Å². The van der Waals surface area contributed by atoms with Crippen LogP contribution < -0.4 is 10.5 Å². The first-order chi connectivity index (χ1) is 11.0. The molecule has 4 nitrogen and oxygen atoms in total. The van der Waals surface area contributed by atoms with Crippen LogP contribution in [0, 0.1) is 5.92 Å². The van der Waals surface area contributed by atoms with E-state index < -0.39 is 0 Å². The van der Waals surface area contributed by atoms with Gasteiger partial charge in [-0.15, -0.1) is 0 Å². The topological polar surface area (TPSA) is 55.6 Å². The minimum atomic E-state index is -0.309. The lowest BCUT2D eigenvalue weighted by molar-refractivity contribution is -0.134. The zero-order valence-corrected chi connectivity index (χ0v) is 13.9. The molecule has 0 spiro atoms. The van der Waals surface area contributed by atoms with Gasteiger partial charge in [-0.3, -0.25) is 4.79 Å². The Morgan fingerprint density at radius 3 is 2.52 bits per heavy atom. The van der Waals surface area contributed by atoms with E-state index in [0.29, 0.717) is 6.54 Å². The Kier molecular flexibility index (Phi) is 5.77. The molecule has 4 heteroatoms. The zero-order valence-electron chi connectivity index (χ0n) is 13.9. The maximum absolute atomic E-state index is 12.6. The van der Waals surface area contributed by atoms with E-state index in [0.717, 1.165) is 16.9 Å². The van der Waals surface area contributed by atoms with Gasteiger partial charge in [0.15, 0.2) is 0 Å². The Morgan fingerprint density at radius 1 is 1.17 bits per heavy atom. The van der Waals surface area contributed by atoms with Crippen molar-refractivity contribution in [1.29, 1.82) is 0 Å². The molecule has 0 aromatic heterocycles. The van der Waals surface area contributed by atoms with Gasteiger partial charge in [0.1, 0.15) is 5.75 Å². The van der Waals surface area contributed by atoms with Gasteiger partial charge in [0.25, 0.3) is 0 Å². The average Bonchev–Trinajstić information content (AvgIpc) is 2.60. The number of ether oxygens (including phenoxy) is 1. The highest BCUT2D eigenvalue weighted by Crippen LogP contribution is 2.22. The second kappa shape index (κ2) is 7.79. The van der Waals surface area contributed by atoms with E-state index >= 15 is 0 Å². The molecule has 2 N–H and O–H groups in total. The fourth-order valence-electron chi connectivity index (χ4n) is 2.59. The largest absolute Gasteiger partial charge is 0.497 e. The SMILES string of the molecule is COc1cccc(CN(C)C(=O)C(C)C(N)c2ccccc2)c1. The number of carbonyl (C=O) groups excluding carboxylic acids is 1. The van der Waals surface area contributed by atoms with Crippen LogP contribution in [0.2, 0.25) is 0 Å². The van der Waals surface area contributed by atoms with Crippen molar-refractivity contribution in [3.05, 3.63) is 65.7 Å². The minimum absolute atomic E-state index is 0.0316. The maximum atomic E-state index is 12.6. The Balaban J connectivity index is 2.03. The molecule has 2 aromatic rings. The highest BCUT2D eigenvalue weighted by molar-refractivity contribution is 5.79. The van der Waals surface area contributed by atoms with Crippen LogP contribution in [0.4, 0.5) is 0 Å². The third-order valence-electron chi connectivity index (χ3n) is 4.04. The molecule has 2 atom stereocenters. The van der Waals surface area contributed by atoms with Crippen LogP contribution in [0.5, 0.6) is 5.75 Å². The van der Waals surface area contributed by atoms with E-state index in [1.54, 1.807) is 19.1 Å². The highest BCUT2D eigenvalue weighted by Gasteiger charge is 2.24. The third kappa shape index (κ3) is 4.33. The summed E-state index contributed by atoms with van der Waals surface area (Å²) < 4.78 is 5.22. The number of hydrogen-bond donors (Lipinski definition) is 1. The highest BCUT2D eigenvalue weighted by atomic mass is 16.5. The molecular formula is C19H24N2O2. The summed E-state index contributed by atoms with van der Waals surface area (Å²) in [4.78, 5) is 14.3. The third-order valence-corrected chi connectivity index (χ3v) is 4.04. The predicted molar refractivity (Wildman–Crippen MR) is 92.0 cm³/mol. The summed E-state index contributed by atoms with van der Waals surface area (Å²) >= 11 is 0. The molecule has 1 amide bonds. The second-order valence-corrected chi connectivity index (χ2v) is 5.77. The summed E-state index contributed by atoms with van der Waals surface area (Å²) in [5.41, 5.74) is 8.25. The van der Waals surface area contributed by atoms with E-state index in [2.05, 4.69) is 0 Å². The van der Waals surface area contributed by atoms with Crippen LogP contribution in [0.1, 0.15) is 24.1 Å². The Bertz CT molecular complexity index is 643. The molecule has 0 aliphatic carbocycles. The van der Waals surface area contributed by atoms with Gasteiger partial charge >= 0.3 is 0 Å². The van der Waals surface area contributed by atoms with Gasteiger partial charge in [0, 0.05) is 19.6 Å². The number of methoxy groups -OCH3 is 1. The summed E-state index contributed by atoms with van der Waals surface area (Å²) in [6, 6.07) is 17.1. The van der Waals surface area contributed by atoms with Gasteiger partial charge in [-0.2, -0.15) is 0 Å². The molecule has 0 aliphatic rings. The zero-order chi connectivity index (χ0) is 16.8. The number of nitrogens with zero attached hydrogens (tertiary/aromatic N) is 1. The first-order valence-corrected chi connectivity index (χ1v) is 7.71. The molecule has 2 unspecified atom stereocenters. The number of amides is 1.